The van der Waals surface area contributed by atoms with Gasteiger partial charge in [-0.15, -0.1) is 0 Å². The van der Waals surface area contributed by atoms with Gasteiger partial charge in [0.05, 0.1) is 0 Å². The van der Waals surface area contributed by atoms with E-state index in [1.807, 2.05) is 13.1 Å². The summed E-state index contributed by atoms with van der Waals surface area (Å²) in [7, 11) is 0. The highest BCUT2D eigenvalue weighted by Gasteiger charge is 2.18. The van der Waals surface area contributed by atoms with Crippen LogP contribution in [0.1, 0.15) is 50.7 Å². The molecular formula is C17H29N3. The number of nitrogens with two attached hydrogens (primary N) is 1. The molecular weight excluding hydrogens is 246 g/mol. The molecule has 20 heavy (non-hydrogen) atoms. The minimum Gasteiger partial charge on any atom is -0.356 e. The molecule has 0 amide bonds. The van der Waals surface area contributed by atoms with E-state index < -0.39 is 0 Å². The predicted molar refractivity (Wildman–Crippen MR) is 86.2 cm³/mol. The van der Waals surface area contributed by atoms with Gasteiger partial charge in [-0.1, -0.05) is 19.4 Å². The summed E-state index contributed by atoms with van der Waals surface area (Å²) >= 11 is 0. The first-order valence-corrected chi connectivity index (χ1v) is 8.06. The zero-order valence-corrected chi connectivity index (χ0v) is 13.2. The quantitative estimate of drug-likeness (QED) is 0.917. The van der Waals surface area contributed by atoms with Gasteiger partial charge in [-0.25, -0.2) is 4.98 Å². The molecule has 1 saturated heterocycles. The Balaban J connectivity index is 2.08. The first kappa shape index (κ1) is 15.3. The van der Waals surface area contributed by atoms with Crippen LogP contribution in [0.5, 0.6) is 0 Å². The highest BCUT2D eigenvalue weighted by atomic mass is 15.2. The molecule has 2 N–H and O–H groups in total. The van der Waals surface area contributed by atoms with Crippen molar-refractivity contribution >= 4 is 5.82 Å². The largest absolute Gasteiger partial charge is 0.356 e. The van der Waals surface area contributed by atoms with E-state index in [2.05, 4.69) is 24.8 Å². The van der Waals surface area contributed by atoms with E-state index in [1.54, 1.807) is 0 Å². The smallest absolute Gasteiger partial charge is 0.131 e. The molecule has 1 aliphatic rings. The van der Waals surface area contributed by atoms with Crippen molar-refractivity contribution in [3.63, 3.8) is 0 Å². The first-order valence-electron chi connectivity index (χ1n) is 8.06. The second-order valence-corrected chi connectivity index (χ2v) is 6.36. The number of aromatic nitrogens is 1. The summed E-state index contributed by atoms with van der Waals surface area (Å²) in [6, 6.07) is 2.46. The minimum absolute atomic E-state index is 0.200. The molecule has 0 aliphatic carbocycles. The zero-order chi connectivity index (χ0) is 14.5. The molecule has 0 spiro atoms. The lowest BCUT2D eigenvalue weighted by Crippen LogP contribution is -2.26. The minimum atomic E-state index is 0.200. The van der Waals surface area contributed by atoms with Crippen molar-refractivity contribution in [1.82, 2.24) is 4.98 Å². The second kappa shape index (κ2) is 7.07. The number of nitrogens with zero attached hydrogens (tertiary/aromatic N) is 2. The van der Waals surface area contributed by atoms with Crippen LogP contribution in [0.4, 0.5) is 5.82 Å². The molecule has 2 rings (SSSR count). The van der Waals surface area contributed by atoms with Crippen molar-refractivity contribution in [2.75, 3.05) is 18.0 Å². The van der Waals surface area contributed by atoms with Crippen molar-refractivity contribution in [2.45, 2.75) is 58.9 Å². The molecule has 3 heteroatoms. The summed E-state index contributed by atoms with van der Waals surface area (Å²) in [5.41, 5.74) is 8.41. The number of rotatable bonds is 4. The highest BCUT2D eigenvalue weighted by Crippen LogP contribution is 2.25. The summed E-state index contributed by atoms with van der Waals surface area (Å²) in [5.74, 6) is 2.08. The van der Waals surface area contributed by atoms with Gasteiger partial charge in [-0.05, 0) is 56.6 Å². The number of hydrogen-bond donors (Lipinski definition) is 1. The molecule has 0 radical (unpaired) electrons. The van der Waals surface area contributed by atoms with Crippen LogP contribution in [0.3, 0.4) is 0 Å². The van der Waals surface area contributed by atoms with Crippen LogP contribution in [0.2, 0.25) is 0 Å². The van der Waals surface area contributed by atoms with E-state index in [1.165, 1.54) is 42.6 Å². The Bertz CT molecular complexity index is 428. The fourth-order valence-corrected chi connectivity index (χ4v) is 3.23. The molecule has 2 unspecified atom stereocenters. The van der Waals surface area contributed by atoms with Gasteiger partial charge in [0.15, 0.2) is 0 Å². The Hall–Kier alpha value is -1.09. The lowest BCUT2D eigenvalue weighted by molar-refractivity contribution is 0.459. The SMILES string of the molecule is CCC1CCCN(c2ncc(CC(C)N)cc2C)CC1. The molecule has 0 aromatic carbocycles. The van der Waals surface area contributed by atoms with Gasteiger partial charge in [-0.2, -0.15) is 0 Å². The average Bonchev–Trinajstić information content (AvgIpc) is 2.63. The maximum atomic E-state index is 5.87. The van der Waals surface area contributed by atoms with Gasteiger partial charge in [0.2, 0.25) is 0 Å². The van der Waals surface area contributed by atoms with Crippen LogP contribution in [-0.2, 0) is 6.42 Å². The molecule has 0 saturated carbocycles. The Morgan fingerprint density at radius 2 is 2.20 bits per heavy atom. The van der Waals surface area contributed by atoms with Gasteiger partial charge in [0.25, 0.3) is 0 Å². The number of anilines is 1. The summed E-state index contributed by atoms with van der Waals surface area (Å²) < 4.78 is 0. The van der Waals surface area contributed by atoms with Crippen LogP contribution in [0, 0.1) is 12.8 Å². The predicted octanol–water partition coefficient (Wildman–Crippen LogP) is 3.30. The standard InChI is InChI=1S/C17H29N3/c1-4-15-6-5-8-20(9-7-15)17-13(2)10-16(12-19-17)11-14(3)18/h10,12,14-15H,4-9,11,18H2,1-3H3. The van der Waals surface area contributed by atoms with Crippen molar-refractivity contribution in [1.29, 1.82) is 0 Å². The molecule has 1 aromatic heterocycles. The first-order chi connectivity index (χ1) is 9.60. The van der Waals surface area contributed by atoms with Crippen molar-refractivity contribution in [2.24, 2.45) is 11.7 Å². The van der Waals surface area contributed by atoms with Crippen molar-refractivity contribution < 1.29 is 0 Å². The average molecular weight is 275 g/mol. The van der Waals surface area contributed by atoms with Crippen LogP contribution in [-0.4, -0.2) is 24.1 Å². The third-order valence-electron chi connectivity index (χ3n) is 4.39. The molecule has 2 atom stereocenters. The van der Waals surface area contributed by atoms with Gasteiger partial charge >= 0.3 is 0 Å². The van der Waals surface area contributed by atoms with Gasteiger partial charge in [0, 0.05) is 25.3 Å². The normalized spacial score (nSPS) is 21.6. The summed E-state index contributed by atoms with van der Waals surface area (Å²) in [4.78, 5) is 7.19. The van der Waals surface area contributed by atoms with Crippen molar-refractivity contribution in [3.05, 3.63) is 23.4 Å². The van der Waals surface area contributed by atoms with Crippen LogP contribution in [0.15, 0.2) is 12.3 Å². The van der Waals surface area contributed by atoms with E-state index >= 15 is 0 Å². The maximum Gasteiger partial charge on any atom is 0.131 e. The van der Waals surface area contributed by atoms with Crippen molar-refractivity contribution in [3.8, 4) is 0 Å². The van der Waals surface area contributed by atoms with Gasteiger partial charge in [-0.3, -0.25) is 0 Å². The van der Waals surface area contributed by atoms with Crippen LogP contribution >= 0.6 is 0 Å². The van der Waals surface area contributed by atoms with Gasteiger partial charge in [0.1, 0.15) is 5.82 Å². The van der Waals surface area contributed by atoms with Crippen LogP contribution in [0.25, 0.3) is 0 Å². The third kappa shape index (κ3) is 3.95. The lowest BCUT2D eigenvalue weighted by Gasteiger charge is -2.24. The molecule has 1 fully saturated rings. The van der Waals surface area contributed by atoms with E-state index in [9.17, 15) is 0 Å². The molecule has 2 heterocycles. The Morgan fingerprint density at radius 3 is 2.85 bits per heavy atom. The van der Waals surface area contributed by atoms with E-state index in [4.69, 9.17) is 10.7 Å². The zero-order valence-electron chi connectivity index (χ0n) is 13.2. The molecule has 1 aliphatic heterocycles. The fraction of sp³-hybridized carbons (Fsp3) is 0.706. The van der Waals surface area contributed by atoms with E-state index in [0.29, 0.717) is 0 Å². The maximum absolute atomic E-state index is 5.87. The Kier molecular flexibility index (Phi) is 5.41. The topological polar surface area (TPSA) is 42.2 Å². The third-order valence-corrected chi connectivity index (χ3v) is 4.39. The fourth-order valence-electron chi connectivity index (χ4n) is 3.23. The molecule has 3 nitrogen and oxygen atoms in total. The van der Waals surface area contributed by atoms with E-state index in [0.717, 1.165) is 25.4 Å². The second-order valence-electron chi connectivity index (χ2n) is 6.36. The number of aryl methyl sites for hydroxylation is 1. The highest BCUT2D eigenvalue weighted by molar-refractivity contribution is 5.47. The lowest BCUT2D eigenvalue weighted by atomic mass is 9.98. The van der Waals surface area contributed by atoms with Gasteiger partial charge < -0.3 is 10.6 Å². The molecule has 112 valence electrons. The Morgan fingerprint density at radius 1 is 1.40 bits per heavy atom. The van der Waals surface area contributed by atoms with E-state index in [-0.39, 0.29) is 6.04 Å². The number of pyridine rings is 1. The molecule has 1 aromatic rings. The summed E-state index contributed by atoms with van der Waals surface area (Å²) in [5, 5.41) is 0. The summed E-state index contributed by atoms with van der Waals surface area (Å²) in [6.45, 7) is 8.83. The van der Waals surface area contributed by atoms with Crippen LogP contribution < -0.4 is 10.6 Å². The number of hydrogen-bond acceptors (Lipinski definition) is 3. The monoisotopic (exact) mass is 275 g/mol. The Labute approximate surface area is 123 Å². The summed E-state index contributed by atoms with van der Waals surface area (Å²) in [6.07, 6.45) is 8.20. The molecule has 0 bridgehead atoms.